The summed E-state index contributed by atoms with van der Waals surface area (Å²) in [5.41, 5.74) is 2.43. The molecule has 5 atom stereocenters. The van der Waals surface area contributed by atoms with Crippen LogP contribution in [0.4, 0.5) is 0 Å². The van der Waals surface area contributed by atoms with Gasteiger partial charge in [-0.1, -0.05) is 5.92 Å². The van der Waals surface area contributed by atoms with Gasteiger partial charge in [0.2, 0.25) is 0 Å². The van der Waals surface area contributed by atoms with Gasteiger partial charge in [0.15, 0.2) is 0 Å². The SMILES string of the molecule is CO[C@@H]1CCC2=C(C1)C(O)N1C3CCC#CC3C[C@H]1CN2. The van der Waals surface area contributed by atoms with Crippen LogP contribution in [0.1, 0.15) is 38.5 Å². The fourth-order valence-electron chi connectivity index (χ4n) is 4.57. The van der Waals surface area contributed by atoms with Crippen LogP contribution in [-0.4, -0.2) is 48.1 Å². The van der Waals surface area contributed by atoms with Gasteiger partial charge in [0, 0.05) is 50.2 Å². The van der Waals surface area contributed by atoms with Gasteiger partial charge in [0.1, 0.15) is 6.23 Å². The minimum absolute atomic E-state index is 0.251. The van der Waals surface area contributed by atoms with Gasteiger partial charge in [-0.15, -0.1) is 5.92 Å². The smallest absolute Gasteiger partial charge is 0.132 e. The Bertz CT molecular complexity index is 519. The quantitative estimate of drug-likeness (QED) is 0.712. The summed E-state index contributed by atoms with van der Waals surface area (Å²) in [5, 5.41) is 14.6. The van der Waals surface area contributed by atoms with Crippen molar-refractivity contribution in [1.29, 1.82) is 0 Å². The third-order valence-electron chi connectivity index (χ3n) is 5.68. The van der Waals surface area contributed by atoms with Crippen LogP contribution >= 0.6 is 0 Å². The van der Waals surface area contributed by atoms with Crippen LogP contribution in [-0.2, 0) is 4.74 Å². The molecule has 21 heavy (non-hydrogen) atoms. The first-order chi connectivity index (χ1) is 10.3. The Morgan fingerprint density at radius 1 is 1.38 bits per heavy atom. The second-order valence-electron chi connectivity index (χ2n) is 6.73. The number of nitrogens with one attached hydrogen (secondary N) is 1. The Morgan fingerprint density at radius 3 is 3.14 bits per heavy atom. The Labute approximate surface area is 126 Å². The van der Waals surface area contributed by atoms with Crippen LogP contribution in [0.25, 0.3) is 0 Å². The van der Waals surface area contributed by atoms with E-state index in [0.29, 0.717) is 18.0 Å². The first-order valence-electron chi connectivity index (χ1n) is 8.20. The average molecular weight is 288 g/mol. The van der Waals surface area contributed by atoms with E-state index in [4.69, 9.17) is 4.74 Å². The third-order valence-corrected chi connectivity index (χ3v) is 5.68. The molecule has 1 saturated heterocycles. The summed E-state index contributed by atoms with van der Waals surface area (Å²) in [4.78, 5) is 2.35. The van der Waals surface area contributed by atoms with Crippen molar-refractivity contribution in [2.75, 3.05) is 13.7 Å². The largest absolute Gasteiger partial charge is 0.387 e. The van der Waals surface area contributed by atoms with Gasteiger partial charge in [0.25, 0.3) is 0 Å². The van der Waals surface area contributed by atoms with E-state index in [9.17, 15) is 5.11 Å². The van der Waals surface area contributed by atoms with E-state index in [1.165, 1.54) is 5.70 Å². The minimum Gasteiger partial charge on any atom is -0.387 e. The molecule has 0 saturated carbocycles. The Kier molecular flexibility index (Phi) is 3.45. The molecule has 2 aliphatic heterocycles. The zero-order valence-corrected chi connectivity index (χ0v) is 12.6. The number of fused-ring (bicyclic) bond motifs is 3. The molecule has 1 fully saturated rings. The van der Waals surface area contributed by atoms with E-state index in [2.05, 4.69) is 22.1 Å². The second kappa shape index (κ2) is 5.31. The van der Waals surface area contributed by atoms with E-state index >= 15 is 0 Å². The van der Waals surface area contributed by atoms with Crippen molar-refractivity contribution in [2.24, 2.45) is 5.92 Å². The molecular weight excluding hydrogens is 264 g/mol. The van der Waals surface area contributed by atoms with Gasteiger partial charge >= 0.3 is 0 Å². The predicted octanol–water partition coefficient (Wildman–Crippen LogP) is 1.22. The van der Waals surface area contributed by atoms with Crippen LogP contribution in [0.3, 0.4) is 0 Å². The molecule has 0 aromatic rings. The normalized spacial score (nSPS) is 42.1. The lowest BCUT2D eigenvalue weighted by molar-refractivity contribution is -0.0137. The maximum atomic E-state index is 11.0. The van der Waals surface area contributed by atoms with E-state index in [1.807, 2.05) is 0 Å². The number of rotatable bonds is 1. The molecule has 0 spiro atoms. The lowest BCUT2D eigenvalue weighted by atomic mass is 9.90. The van der Waals surface area contributed by atoms with Crippen LogP contribution in [0.5, 0.6) is 0 Å². The van der Waals surface area contributed by atoms with Gasteiger partial charge in [-0.2, -0.15) is 0 Å². The second-order valence-corrected chi connectivity index (χ2v) is 6.73. The topological polar surface area (TPSA) is 44.7 Å². The molecular formula is C17H24N2O2. The van der Waals surface area contributed by atoms with E-state index in [1.54, 1.807) is 7.11 Å². The maximum Gasteiger partial charge on any atom is 0.132 e. The summed E-state index contributed by atoms with van der Waals surface area (Å²) < 4.78 is 5.53. The summed E-state index contributed by atoms with van der Waals surface area (Å²) in [7, 11) is 1.78. The number of allylic oxidation sites excluding steroid dienone is 1. The number of ether oxygens (including phenoxy) is 1. The van der Waals surface area contributed by atoms with Gasteiger partial charge in [-0.3, -0.25) is 4.90 Å². The Hall–Kier alpha value is -1.02. The van der Waals surface area contributed by atoms with E-state index in [0.717, 1.165) is 50.6 Å². The Balaban J connectivity index is 1.63. The van der Waals surface area contributed by atoms with E-state index in [-0.39, 0.29) is 6.10 Å². The fourth-order valence-corrected chi connectivity index (χ4v) is 4.57. The predicted molar refractivity (Wildman–Crippen MR) is 80.2 cm³/mol. The molecule has 114 valence electrons. The monoisotopic (exact) mass is 288 g/mol. The summed E-state index contributed by atoms with van der Waals surface area (Å²) >= 11 is 0. The molecule has 4 heteroatoms. The van der Waals surface area contributed by atoms with Crippen molar-refractivity contribution in [3.8, 4) is 11.8 Å². The summed E-state index contributed by atoms with van der Waals surface area (Å²) in [5.74, 6) is 7.11. The van der Waals surface area contributed by atoms with Gasteiger partial charge in [-0.25, -0.2) is 0 Å². The first kappa shape index (κ1) is 13.6. The average Bonchev–Trinajstić information content (AvgIpc) is 2.84. The molecule has 2 heterocycles. The number of hydrogen-bond acceptors (Lipinski definition) is 4. The van der Waals surface area contributed by atoms with Gasteiger partial charge in [-0.05, 0) is 31.3 Å². The van der Waals surface area contributed by atoms with Crippen molar-refractivity contribution in [3.63, 3.8) is 0 Å². The molecule has 2 aliphatic carbocycles. The molecule has 0 radical (unpaired) electrons. The lowest BCUT2D eigenvalue weighted by Crippen LogP contribution is -2.47. The summed E-state index contributed by atoms with van der Waals surface area (Å²) in [6.07, 6.45) is 5.87. The maximum absolute atomic E-state index is 11.0. The molecule has 0 bridgehead atoms. The van der Waals surface area contributed by atoms with Gasteiger partial charge in [0.05, 0.1) is 6.10 Å². The van der Waals surface area contributed by atoms with Crippen LogP contribution in [0, 0.1) is 17.8 Å². The molecule has 4 nitrogen and oxygen atoms in total. The first-order valence-corrected chi connectivity index (χ1v) is 8.20. The van der Waals surface area contributed by atoms with Gasteiger partial charge < -0.3 is 15.2 Å². The molecule has 0 amide bonds. The van der Waals surface area contributed by atoms with Crippen molar-refractivity contribution in [1.82, 2.24) is 10.2 Å². The van der Waals surface area contributed by atoms with Crippen LogP contribution < -0.4 is 5.32 Å². The molecule has 4 aliphatic rings. The molecule has 2 N–H and O–H groups in total. The zero-order valence-electron chi connectivity index (χ0n) is 12.6. The highest BCUT2D eigenvalue weighted by Crippen LogP contribution is 2.40. The number of methoxy groups -OCH3 is 1. The number of aliphatic hydroxyl groups excluding tert-OH is 1. The lowest BCUT2D eigenvalue weighted by Gasteiger charge is -2.36. The molecule has 0 aromatic carbocycles. The van der Waals surface area contributed by atoms with E-state index < -0.39 is 6.23 Å². The highest BCUT2D eigenvalue weighted by molar-refractivity contribution is 5.26. The summed E-state index contributed by atoms with van der Waals surface area (Å²) in [6.45, 7) is 0.947. The highest BCUT2D eigenvalue weighted by Gasteiger charge is 2.47. The zero-order chi connectivity index (χ0) is 14.4. The number of nitrogens with zero attached hydrogens (tertiary/aromatic N) is 1. The van der Waals surface area contributed by atoms with Crippen molar-refractivity contribution >= 4 is 0 Å². The Morgan fingerprint density at radius 2 is 2.29 bits per heavy atom. The minimum atomic E-state index is -0.451. The molecule has 3 unspecified atom stereocenters. The molecule has 4 rings (SSSR count). The number of aliphatic hydroxyl groups is 1. The number of hydrogen-bond donors (Lipinski definition) is 2. The third kappa shape index (κ3) is 2.19. The van der Waals surface area contributed by atoms with Crippen LogP contribution in [0.15, 0.2) is 11.3 Å². The van der Waals surface area contributed by atoms with Crippen molar-refractivity contribution < 1.29 is 9.84 Å². The molecule has 0 aromatic heterocycles. The van der Waals surface area contributed by atoms with Crippen molar-refractivity contribution in [3.05, 3.63) is 11.3 Å². The standard InChI is InChI=1S/C17H24N2O2/c1-21-13-6-7-15-14(9-13)17(20)19-12(10-18-15)8-11-4-2-3-5-16(11)19/h11-13,16-18,20H,3,5-10H2,1H3/t11?,12-,13+,16?,17?/m0/s1. The highest BCUT2D eigenvalue weighted by atomic mass is 16.5. The van der Waals surface area contributed by atoms with Crippen LogP contribution in [0.2, 0.25) is 0 Å². The summed E-state index contributed by atoms with van der Waals surface area (Å²) in [6, 6.07) is 0.844. The van der Waals surface area contributed by atoms with Crippen molar-refractivity contribution in [2.45, 2.75) is 62.9 Å². The fraction of sp³-hybridized carbons (Fsp3) is 0.765.